The molecule has 96 valence electrons. The Bertz CT molecular complexity index is 186. The molecule has 0 amide bonds. The molecule has 1 aliphatic heterocycles. The van der Waals surface area contributed by atoms with Crippen molar-refractivity contribution in [2.24, 2.45) is 5.92 Å². The van der Waals surface area contributed by atoms with Gasteiger partial charge in [0.05, 0.1) is 13.2 Å². The van der Waals surface area contributed by atoms with E-state index in [-0.39, 0.29) is 12.4 Å². The topological polar surface area (TPSA) is 33.3 Å². The van der Waals surface area contributed by atoms with Gasteiger partial charge in [0.25, 0.3) is 0 Å². The molecule has 0 radical (unpaired) electrons. The summed E-state index contributed by atoms with van der Waals surface area (Å²) in [4.78, 5) is 0. The van der Waals surface area contributed by atoms with Gasteiger partial charge in [-0.3, -0.25) is 0 Å². The fraction of sp³-hybridized carbons (Fsp3) is 1.00. The molecule has 0 aromatic carbocycles. The summed E-state index contributed by atoms with van der Waals surface area (Å²) in [5.74, 6) is 0.789. The Morgan fingerprint density at radius 3 is 2.94 bits per heavy atom. The number of ether oxygens (including phenoxy) is 1. The van der Waals surface area contributed by atoms with Crippen LogP contribution in [0.4, 0.5) is 0 Å². The summed E-state index contributed by atoms with van der Waals surface area (Å²) < 4.78 is 5.56. The molecule has 16 heavy (non-hydrogen) atoms. The molecule has 0 bridgehead atoms. The van der Waals surface area contributed by atoms with Crippen molar-refractivity contribution in [3.05, 3.63) is 0 Å². The number of hydrogen-bond acceptors (Lipinski definition) is 3. The van der Waals surface area contributed by atoms with Crippen LogP contribution in [0.5, 0.6) is 0 Å². The van der Waals surface area contributed by atoms with Crippen LogP contribution >= 0.6 is 12.4 Å². The molecular weight excluding hydrogens is 224 g/mol. The van der Waals surface area contributed by atoms with Crippen LogP contribution in [-0.2, 0) is 4.74 Å². The van der Waals surface area contributed by atoms with E-state index in [1.54, 1.807) is 0 Å². The SMILES string of the molecule is CCCNC1CCCC1C1COCCN1.Cl. The van der Waals surface area contributed by atoms with Crippen molar-refractivity contribution >= 4 is 12.4 Å². The van der Waals surface area contributed by atoms with Gasteiger partial charge < -0.3 is 15.4 Å². The van der Waals surface area contributed by atoms with Crippen LogP contribution in [-0.4, -0.2) is 38.4 Å². The minimum absolute atomic E-state index is 0. The second-order valence-corrected chi connectivity index (χ2v) is 4.79. The van der Waals surface area contributed by atoms with Crippen molar-refractivity contribution in [3.8, 4) is 0 Å². The summed E-state index contributed by atoms with van der Waals surface area (Å²) in [6.07, 6.45) is 5.33. The Labute approximate surface area is 105 Å². The largest absolute Gasteiger partial charge is 0.379 e. The maximum absolute atomic E-state index is 5.56. The van der Waals surface area contributed by atoms with Crippen molar-refractivity contribution in [1.29, 1.82) is 0 Å². The van der Waals surface area contributed by atoms with Gasteiger partial charge >= 0.3 is 0 Å². The smallest absolute Gasteiger partial charge is 0.0623 e. The Morgan fingerprint density at radius 2 is 2.25 bits per heavy atom. The molecule has 1 heterocycles. The molecule has 2 fully saturated rings. The molecule has 2 aliphatic rings. The lowest BCUT2D eigenvalue weighted by Gasteiger charge is -2.33. The summed E-state index contributed by atoms with van der Waals surface area (Å²) >= 11 is 0. The van der Waals surface area contributed by atoms with Crippen molar-refractivity contribution in [3.63, 3.8) is 0 Å². The van der Waals surface area contributed by atoms with Gasteiger partial charge in [0.2, 0.25) is 0 Å². The van der Waals surface area contributed by atoms with Gasteiger partial charge in [-0.05, 0) is 31.7 Å². The van der Waals surface area contributed by atoms with Crippen molar-refractivity contribution in [2.75, 3.05) is 26.3 Å². The van der Waals surface area contributed by atoms with Gasteiger partial charge in [-0.15, -0.1) is 12.4 Å². The number of rotatable bonds is 4. The average Bonchev–Trinajstić information content (AvgIpc) is 2.75. The molecule has 2 N–H and O–H groups in total. The van der Waals surface area contributed by atoms with Gasteiger partial charge in [0.1, 0.15) is 0 Å². The number of morpholine rings is 1. The molecule has 3 unspecified atom stereocenters. The quantitative estimate of drug-likeness (QED) is 0.793. The third-order valence-electron chi connectivity index (χ3n) is 3.69. The van der Waals surface area contributed by atoms with Gasteiger partial charge in [-0.25, -0.2) is 0 Å². The molecule has 1 saturated carbocycles. The Hall–Kier alpha value is 0.170. The molecule has 2 rings (SSSR count). The monoisotopic (exact) mass is 248 g/mol. The fourth-order valence-electron chi connectivity index (χ4n) is 2.91. The lowest BCUT2D eigenvalue weighted by molar-refractivity contribution is 0.0526. The Kier molecular flexibility index (Phi) is 6.66. The summed E-state index contributed by atoms with van der Waals surface area (Å²) in [6.45, 7) is 6.22. The first-order valence-electron chi connectivity index (χ1n) is 6.46. The van der Waals surface area contributed by atoms with E-state index in [1.807, 2.05) is 0 Å². The first-order valence-corrected chi connectivity index (χ1v) is 6.46. The van der Waals surface area contributed by atoms with Crippen molar-refractivity contribution < 1.29 is 4.74 Å². The van der Waals surface area contributed by atoms with Gasteiger partial charge in [-0.1, -0.05) is 13.3 Å². The molecule has 0 spiro atoms. The molecule has 1 saturated heterocycles. The van der Waals surface area contributed by atoms with Crippen LogP contribution in [0.3, 0.4) is 0 Å². The van der Waals surface area contributed by atoms with Gasteiger partial charge in [0, 0.05) is 18.6 Å². The number of hydrogen-bond donors (Lipinski definition) is 2. The van der Waals surface area contributed by atoms with E-state index in [2.05, 4.69) is 17.6 Å². The zero-order valence-electron chi connectivity index (χ0n) is 10.2. The minimum Gasteiger partial charge on any atom is -0.379 e. The zero-order valence-corrected chi connectivity index (χ0v) is 11.0. The Morgan fingerprint density at radius 1 is 1.38 bits per heavy atom. The third kappa shape index (κ3) is 3.59. The highest BCUT2D eigenvalue weighted by molar-refractivity contribution is 5.85. The average molecular weight is 249 g/mol. The van der Waals surface area contributed by atoms with E-state index in [0.717, 1.165) is 38.3 Å². The van der Waals surface area contributed by atoms with E-state index in [1.165, 1.54) is 25.7 Å². The van der Waals surface area contributed by atoms with Crippen LogP contribution in [0.15, 0.2) is 0 Å². The highest BCUT2D eigenvalue weighted by Crippen LogP contribution is 2.29. The minimum atomic E-state index is 0. The summed E-state index contributed by atoms with van der Waals surface area (Å²) in [7, 11) is 0. The van der Waals surface area contributed by atoms with Crippen molar-refractivity contribution in [1.82, 2.24) is 10.6 Å². The molecule has 0 aromatic rings. The Balaban J connectivity index is 0.00000128. The number of nitrogens with one attached hydrogen (secondary N) is 2. The standard InChI is InChI=1S/C12H24N2O.ClH/c1-2-6-13-11-5-3-4-10(11)12-9-15-8-7-14-12;/h10-14H,2-9H2,1H3;1H. The van der Waals surface area contributed by atoms with E-state index >= 15 is 0 Å². The highest BCUT2D eigenvalue weighted by Gasteiger charge is 2.33. The maximum atomic E-state index is 5.56. The van der Waals surface area contributed by atoms with Crippen molar-refractivity contribution in [2.45, 2.75) is 44.7 Å². The van der Waals surface area contributed by atoms with E-state index in [9.17, 15) is 0 Å². The van der Waals surface area contributed by atoms with Gasteiger partial charge in [0.15, 0.2) is 0 Å². The third-order valence-corrected chi connectivity index (χ3v) is 3.69. The lowest BCUT2D eigenvalue weighted by atomic mass is 9.94. The first kappa shape index (κ1) is 14.2. The van der Waals surface area contributed by atoms with Crippen LogP contribution in [0.2, 0.25) is 0 Å². The fourth-order valence-corrected chi connectivity index (χ4v) is 2.91. The summed E-state index contributed by atoms with van der Waals surface area (Å²) in [6, 6.07) is 1.32. The molecule has 3 nitrogen and oxygen atoms in total. The van der Waals surface area contributed by atoms with Crippen LogP contribution in [0, 0.1) is 5.92 Å². The lowest BCUT2D eigenvalue weighted by Crippen LogP contribution is -2.50. The summed E-state index contributed by atoms with van der Waals surface area (Å²) in [5.41, 5.74) is 0. The second-order valence-electron chi connectivity index (χ2n) is 4.79. The molecule has 3 atom stereocenters. The van der Waals surface area contributed by atoms with Crippen LogP contribution < -0.4 is 10.6 Å². The molecule has 0 aromatic heterocycles. The highest BCUT2D eigenvalue weighted by atomic mass is 35.5. The predicted molar refractivity (Wildman–Crippen MR) is 69.3 cm³/mol. The second kappa shape index (κ2) is 7.49. The van der Waals surface area contributed by atoms with E-state index < -0.39 is 0 Å². The van der Waals surface area contributed by atoms with Crippen LogP contribution in [0.1, 0.15) is 32.6 Å². The maximum Gasteiger partial charge on any atom is 0.0623 e. The molecule has 4 heteroatoms. The molecular formula is C12H25ClN2O. The first-order chi connectivity index (χ1) is 7.42. The van der Waals surface area contributed by atoms with E-state index in [0.29, 0.717) is 6.04 Å². The molecule has 1 aliphatic carbocycles. The number of halogens is 1. The summed E-state index contributed by atoms with van der Waals surface area (Å²) in [5, 5.41) is 7.29. The van der Waals surface area contributed by atoms with Crippen LogP contribution in [0.25, 0.3) is 0 Å². The predicted octanol–water partition coefficient (Wildman–Crippen LogP) is 1.56. The normalized spacial score (nSPS) is 34.7. The van der Waals surface area contributed by atoms with Gasteiger partial charge in [-0.2, -0.15) is 0 Å². The zero-order chi connectivity index (χ0) is 10.5. The van der Waals surface area contributed by atoms with E-state index in [4.69, 9.17) is 4.74 Å².